The van der Waals surface area contributed by atoms with Gasteiger partial charge in [0.1, 0.15) is 12.4 Å². The highest BCUT2D eigenvalue weighted by molar-refractivity contribution is 9.10. The summed E-state index contributed by atoms with van der Waals surface area (Å²) >= 11 is 4.82. The molecule has 0 radical (unpaired) electrons. The number of rotatable bonds is 6. The van der Waals surface area contributed by atoms with E-state index in [1.165, 1.54) is 15.8 Å². The fourth-order valence-electron chi connectivity index (χ4n) is 1.68. The average Bonchev–Trinajstić information content (AvgIpc) is 2.77. The second-order valence-corrected chi connectivity index (χ2v) is 6.46. The number of halogens is 3. The molecule has 20 heavy (non-hydrogen) atoms. The lowest BCUT2D eigenvalue weighted by Gasteiger charge is -2.09. The van der Waals surface area contributed by atoms with Crippen molar-refractivity contribution in [2.45, 2.75) is 13.5 Å². The van der Waals surface area contributed by atoms with E-state index < -0.39 is 11.6 Å². The second kappa shape index (κ2) is 7.15. The van der Waals surface area contributed by atoms with Gasteiger partial charge in [-0.15, -0.1) is 11.3 Å². The Kier molecular flexibility index (Phi) is 5.51. The smallest absolute Gasteiger partial charge is 0.169 e. The fraction of sp³-hybridized carbons (Fsp3) is 0.286. The zero-order valence-corrected chi connectivity index (χ0v) is 13.3. The molecule has 1 aromatic heterocycles. The van der Waals surface area contributed by atoms with E-state index in [0.29, 0.717) is 13.2 Å². The van der Waals surface area contributed by atoms with Crippen molar-refractivity contribution in [2.75, 3.05) is 13.2 Å². The van der Waals surface area contributed by atoms with E-state index in [1.807, 2.05) is 0 Å². The third-order valence-corrected chi connectivity index (χ3v) is 4.17. The van der Waals surface area contributed by atoms with Crippen LogP contribution in [0.1, 0.15) is 9.75 Å². The highest BCUT2D eigenvalue weighted by Gasteiger charge is 2.10. The van der Waals surface area contributed by atoms with Crippen molar-refractivity contribution in [1.82, 2.24) is 5.32 Å². The minimum absolute atomic E-state index is 0.0418. The maximum Gasteiger partial charge on any atom is 0.169 e. The van der Waals surface area contributed by atoms with Gasteiger partial charge in [0.25, 0.3) is 0 Å². The van der Waals surface area contributed by atoms with Crippen LogP contribution in [0.15, 0.2) is 28.7 Å². The minimum atomic E-state index is -0.703. The van der Waals surface area contributed by atoms with Crippen LogP contribution in [0.2, 0.25) is 0 Å². The van der Waals surface area contributed by atoms with Gasteiger partial charge in [-0.1, -0.05) is 0 Å². The molecule has 0 aliphatic heterocycles. The Morgan fingerprint density at radius 1 is 1.30 bits per heavy atom. The summed E-state index contributed by atoms with van der Waals surface area (Å²) in [5, 5.41) is 3.21. The molecular formula is C14H14BrF2NOS. The Balaban J connectivity index is 1.76. The molecule has 1 aromatic carbocycles. The van der Waals surface area contributed by atoms with Gasteiger partial charge < -0.3 is 10.1 Å². The first-order valence-electron chi connectivity index (χ1n) is 6.09. The van der Waals surface area contributed by atoms with E-state index in [1.54, 1.807) is 11.3 Å². The molecule has 0 aliphatic rings. The van der Waals surface area contributed by atoms with Gasteiger partial charge >= 0.3 is 0 Å². The lowest BCUT2D eigenvalue weighted by atomic mass is 10.3. The zero-order valence-electron chi connectivity index (χ0n) is 10.9. The van der Waals surface area contributed by atoms with Gasteiger partial charge in [0.15, 0.2) is 11.6 Å². The number of hydrogen-bond acceptors (Lipinski definition) is 3. The maximum absolute atomic E-state index is 13.5. The molecular weight excluding hydrogens is 348 g/mol. The minimum Gasteiger partial charge on any atom is -0.488 e. The zero-order chi connectivity index (χ0) is 14.5. The van der Waals surface area contributed by atoms with Crippen LogP contribution >= 0.6 is 27.3 Å². The molecule has 0 unspecified atom stereocenters. The molecule has 0 bridgehead atoms. The molecule has 0 fully saturated rings. The SMILES string of the molecule is Cc1ccc(CNCCOc2c(F)cc(F)cc2Br)s1. The van der Waals surface area contributed by atoms with Crippen molar-refractivity contribution in [1.29, 1.82) is 0 Å². The van der Waals surface area contributed by atoms with Gasteiger partial charge in [0.2, 0.25) is 0 Å². The molecule has 0 atom stereocenters. The number of thiophene rings is 1. The molecule has 1 N–H and O–H groups in total. The van der Waals surface area contributed by atoms with E-state index in [2.05, 4.69) is 40.3 Å². The molecule has 0 saturated carbocycles. The Bertz CT molecular complexity index is 565. The average molecular weight is 362 g/mol. The summed E-state index contributed by atoms with van der Waals surface area (Å²) in [7, 11) is 0. The summed E-state index contributed by atoms with van der Waals surface area (Å²) in [5.41, 5.74) is 0. The monoisotopic (exact) mass is 361 g/mol. The molecule has 2 rings (SSSR count). The third-order valence-electron chi connectivity index (χ3n) is 2.58. The van der Waals surface area contributed by atoms with Crippen LogP contribution in [-0.2, 0) is 6.54 Å². The topological polar surface area (TPSA) is 21.3 Å². The number of ether oxygens (including phenoxy) is 1. The first kappa shape index (κ1) is 15.4. The second-order valence-electron chi connectivity index (χ2n) is 4.24. The van der Waals surface area contributed by atoms with Crippen molar-refractivity contribution in [3.8, 4) is 5.75 Å². The number of nitrogens with one attached hydrogen (secondary N) is 1. The highest BCUT2D eigenvalue weighted by Crippen LogP contribution is 2.29. The van der Waals surface area contributed by atoms with Gasteiger partial charge in [0, 0.05) is 28.9 Å². The van der Waals surface area contributed by atoms with E-state index in [9.17, 15) is 8.78 Å². The van der Waals surface area contributed by atoms with Crippen LogP contribution in [0.4, 0.5) is 8.78 Å². The lowest BCUT2D eigenvalue weighted by molar-refractivity contribution is 0.295. The Labute approximate surface area is 128 Å². The molecule has 0 saturated heterocycles. The van der Waals surface area contributed by atoms with Gasteiger partial charge in [-0.05, 0) is 41.1 Å². The quantitative estimate of drug-likeness (QED) is 0.776. The van der Waals surface area contributed by atoms with Gasteiger partial charge in [-0.3, -0.25) is 0 Å². The Morgan fingerprint density at radius 2 is 2.10 bits per heavy atom. The van der Waals surface area contributed by atoms with Crippen LogP contribution in [0, 0.1) is 18.6 Å². The van der Waals surface area contributed by atoms with Gasteiger partial charge in [-0.25, -0.2) is 8.78 Å². The number of aryl methyl sites for hydroxylation is 1. The molecule has 0 spiro atoms. The molecule has 0 amide bonds. The van der Waals surface area contributed by atoms with Crippen molar-refractivity contribution in [2.24, 2.45) is 0 Å². The summed E-state index contributed by atoms with van der Waals surface area (Å²) in [6.45, 7) is 3.72. The third kappa shape index (κ3) is 4.26. The van der Waals surface area contributed by atoms with Crippen molar-refractivity contribution >= 4 is 27.3 Å². The molecule has 108 valence electrons. The van der Waals surface area contributed by atoms with Crippen LogP contribution in [-0.4, -0.2) is 13.2 Å². The lowest BCUT2D eigenvalue weighted by Crippen LogP contribution is -2.20. The van der Waals surface area contributed by atoms with E-state index in [-0.39, 0.29) is 10.2 Å². The van der Waals surface area contributed by atoms with E-state index >= 15 is 0 Å². The summed E-state index contributed by atoms with van der Waals surface area (Å²) in [6, 6.07) is 6.13. The normalized spacial score (nSPS) is 10.8. The fourth-order valence-corrected chi connectivity index (χ4v) is 3.07. The molecule has 6 heteroatoms. The van der Waals surface area contributed by atoms with Crippen molar-refractivity contribution < 1.29 is 13.5 Å². The predicted molar refractivity (Wildman–Crippen MR) is 80.3 cm³/mol. The summed E-state index contributed by atoms with van der Waals surface area (Å²) in [5.74, 6) is -1.29. The van der Waals surface area contributed by atoms with Crippen molar-refractivity contribution in [3.63, 3.8) is 0 Å². The number of benzene rings is 1. The van der Waals surface area contributed by atoms with E-state index in [0.717, 1.165) is 12.6 Å². The largest absolute Gasteiger partial charge is 0.488 e. The first-order valence-corrected chi connectivity index (χ1v) is 7.70. The van der Waals surface area contributed by atoms with Crippen LogP contribution < -0.4 is 10.1 Å². The van der Waals surface area contributed by atoms with Crippen LogP contribution in [0.25, 0.3) is 0 Å². The molecule has 2 aromatic rings. The summed E-state index contributed by atoms with van der Waals surface area (Å²) in [4.78, 5) is 2.52. The van der Waals surface area contributed by atoms with Crippen LogP contribution in [0.3, 0.4) is 0 Å². The first-order chi connectivity index (χ1) is 9.56. The molecule has 1 heterocycles. The van der Waals surface area contributed by atoms with Crippen molar-refractivity contribution in [3.05, 3.63) is 50.1 Å². The summed E-state index contributed by atoms with van der Waals surface area (Å²) in [6.07, 6.45) is 0. The number of hydrogen-bond donors (Lipinski definition) is 1. The summed E-state index contributed by atoms with van der Waals surface area (Å²) < 4.78 is 32.0. The highest BCUT2D eigenvalue weighted by atomic mass is 79.9. The van der Waals surface area contributed by atoms with Crippen LogP contribution in [0.5, 0.6) is 5.75 Å². The van der Waals surface area contributed by atoms with Gasteiger partial charge in [-0.2, -0.15) is 0 Å². The molecule has 2 nitrogen and oxygen atoms in total. The molecule has 0 aliphatic carbocycles. The van der Waals surface area contributed by atoms with Gasteiger partial charge in [0.05, 0.1) is 4.47 Å². The maximum atomic E-state index is 13.5. The van der Waals surface area contributed by atoms with E-state index in [4.69, 9.17) is 4.74 Å². The predicted octanol–water partition coefficient (Wildman–Crippen LogP) is 4.27. The standard InChI is InChI=1S/C14H14BrF2NOS/c1-9-2-3-11(20-9)8-18-4-5-19-14-12(15)6-10(16)7-13(14)17/h2-3,6-7,18H,4-5,8H2,1H3. The Hall–Kier alpha value is -0.980. The Morgan fingerprint density at radius 3 is 2.75 bits per heavy atom.